The van der Waals surface area contributed by atoms with Gasteiger partial charge in [0, 0.05) is 10.6 Å². The zero-order valence-corrected chi connectivity index (χ0v) is 18.7. The maximum Gasteiger partial charge on any atom is 0.286 e. The van der Waals surface area contributed by atoms with Gasteiger partial charge in [-0.15, -0.1) is 21.5 Å². The van der Waals surface area contributed by atoms with Crippen molar-refractivity contribution in [3.63, 3.8) is 0 Å². The molecule has 0 bridgehead atoms. The van der Waals surface area contributed by atoms with E-state index in [2.05, 4.69) is 34.7 Å². The fourth-order valence-corrected chi connectivity index (χ4v) is 4.33. The number of benzene rings is 1. The van der Waals surface area contributed by atoms with Crippen LogP contribution in [0.4, 0.5) is 5.69 Å². The number of hydrogen-bond acceptors (Lipinski definition) is 7. The molecule has 0 fully saturated rings. The standard InChI is InChI=1S/C21H24N4O3S2/c1-13(2)19(16-5-4-10-29-16)23-17(26)11-28-12-18-24-25-21(30-18)20(27)22-15-8-6-14(3)7-9-15/h4-10,13,19H,11-12H2,1-3H3,(H,22,27)(H,23,26)/t19-/m1/s1. The number of carbonyl (C=O) groups excluding carboxylic acids is 2. The monoisotopic (exact) mass is 444 g/mol. The maximum absolute atomic E-state index is 12.3. The van der Waals surface area contributed by atoms with Gasteiger partial charge >= 0.3 is 0 Å². The molecule has 0 aliphatic heterocycles. The second-order valence-electron chi connectivity index (χ2n) is 7.12. The number of amides is 2. The second kappa shape index (κ2) is 10.4. The molecule has 3 rings (SSSR count). The number of rotatable bonds is 9. The zero-order chi connectivity index (χ0) is 21.5. The Hall–Kier alpha value is -2.62. The summed E-state index contributed by atoms with van der Waals surface area (Å²) in [7, 11) is 0. The molecule has 158 valence electrons. The normalized spacial score (nSPS) is 12.0. The van der Waals surface area contributed by atoms with Gasteiger partial charge in [0.15, 0.2) is 0 Å². The summed E-state index contributed by atoms with van der Waals surface area (Å²) < 4.78 is 5.47. The molecule has 3 aromatic rings. The number of thiophene rings is 1. The van der Waals surface area contributed by atoms with Crippen molar-refractivity contribution in [2.24, 2.45) is 5.92 Å². The summed E-state index contributed by atoms with van der Waals surface area (Å²) in [5.74, 6) is -0.245. The van der Waals surface area contributed by atoms with Crippen LogP contribution in [0.3, 0.4) is 0 Å². The largest absolute Gasteiger partial charge is 0.364 e. The van der Waals surface area contributed by atoms with Crippen LogP contribution < -0.4 is 10.6 Å². The zero-order valence-electron chi connectivity index (χ0n) is 17.0. The predicted molar refractivity (Wildman–Crippen MR) is 119 cm³/mol. The Balaban J connectivity index is 1.46. The number of hydrogen-bond donors (Lipinski definition) is 2. The van der Waals surface area contributed by atoms with Gasteiger partial charge in [0.2, 0.25) is 10.9 Å². The van der Waals surface area contributed by atoms with Crippen LogP contribution in [0.2, 0.25) is 0 Å². The molecule has 0 aliphatic rings. The first-order valence-electron chi connectivity index (χ1n) is 9.53. The average Bonchev–Trinajstić information content (AvgIpc) is 3.40. The van der Waals surface area contributed by atoms with Crippen molar-refractivity contribution >= 4 is 40.2 Å². The van der Waals surface area contributed by atoms with Gasteiger partial charge in [-0.25, -0.2) is 0 Å². The van der Waals surface area contributed by atoms with Gasteiger partial charge in [-0.3, -0.25) is 9.59 Å². The van der Waals surface area contributed by atoms with Crippen LogP contribution in [-0.2, 0) is 16.1 Å². The fourth-order valence-electron chi connectivity index (χ4n) is 2.71. The second-order valence-corrected chi connectivity index (χ2v) is 9.16. The molecule has 0 saturated heterocycles. The van der Waals surface area contributed by atoms with Crippen LogP contribution in [0.15, 0.2) is 41.8 Å². The number of anilines is 1. The summed E-state index contributed by atoms with van der Waals surface area (Å²) in [6, 6.07) is 11.4. The van der Waals surface area contributed by atoms with Gasteiger partial charge in [-0.1, -0.05) is 48.9 Å². The third-order valence-corrected chi connectivity index (χ3v) is 6.11. The smallest absolute Gasteiger partial charge is 0.286 e. The van der Waals surface area contributed by atoms with E-state index in [0.717, 1.165) is 21.8 Å². The SMILES string of the molecule is Cc1ccc(NC(=O)c2nnc(COCC(=O)N[C@@H](c3cccs3)C(C)C)s2)cc1. The molecule has 0 aliphatic carbocycles. The van der Waals surface area contributed by atoms with E-state index in [1.54, 1.807) is 11.3 Å². The van der Waals surface area contributed by atoms with Crippen LogP contribution in [-0.4, -0.2) is 28.6 Å². The molecule has 0 radical (unpaired) electrons. The number of nitrogens with one attached hydrogen (secondary N) is 2. The highest BCUT2D eigenvalue weighted by Crippen LogP contribution is 2.25. The van der Waals surface area contributed by atoms with E-state index in [1.807, 2.05) is 48.7 Å². The van der Waals surface area contributed by atoms with E-state index < -0.39 is 0 Å². The topological polar surface area (TPSA) is 93.2 Å². The number of carbonyl (C=O) groups is 2. The summed E-state index contributed by atoms with van der Waals surface area (Å²) in [5.41, 5.74) is 1.81. The van der Waals surface area contributed by atoms with Gasteiger partial charge in [0.25, 0.3) is 5.91 Å². The Bertz CT molecular complexity index is 969. The summed E-state index contributed by atoms with van der Waals surface area (Å²) >= 11 is 2.76. The molecule has 0 unspecified atom stereocenters. The van der Waals surface area contributed by atoms with E-state index >= 15 is 0 Å². The van der Waals surface area contributed by atoms with Crippen LogP contribution in [0.5, 0.6) is 0 Å². The molecule has 2 aromatic heterocycles. The lowest BCUT2D eigenvalue weighted by molar-refractivity contribution is -0.127. The molecule has 7 nitrogen and oxygen atoms in total. The van der Waals surface area contributed by atoms with Crippen LogP contribution >= 0.6 is 22.7 Å². The minimum absolute atomic E-state index is 0.0419. The van der Waals surface area contributed by atoms with Crippen molar-refractivity contribution in [1.82, 2.24) is 15.5 Å². The first kappa shape index (κ1) is 22.1. The summed E-state index contributed by atoms with van der Waals surface area (Å²) in [6.45, 7) is 6.15. The van der Waals surface area contributed by atoms with E-state index in [4.69, 9.17) is 4.74 Å². The lowest BCUT2D eigenvalue weighted by atomic mass is 10.0. The molecule has 0 spiro atoms. The Morgan fingerprint density at radius 3 is 2.57 bits per heavy atom. The lowest BCUT2D eigenvalue weighted by Crippen LogP contribution is -2.33. The average molecular weight is 445 g/mol. The first-order chi connectivity index (χ1) is 14.4. The van der Waals surface area contributed by atoms with Crippen molar-refractivity contribution in [3.8, 4) is 0 Å². The molecular weight excluding hydrogens is 420 g/mol. The molecule has 2 N–H and O–H groups in total. The third kappa shape index (κ3) is 6.19. The van der Waals surface area contributed by atoms with E-state index in [0.29, 0.717) is 10.7 Å². The number of ether oxygens (including phenoxy) is 1. The fraction of sp³-hybridized carbons (Fsp3) is 0.333. The van der Waals surface area contributed by atoms with Gasteiger partial charge in [0.05, 0.1) is 6.04 Å². The van der Waals surface area contributed by atoms with Crippen molar-refractivity contribution < 1.29 is 14.3 Å². The number of aryl methyl sites for hydroxylation is 1. The summed E-state index contributed by atoms with van der Waals surface area (Å²) in [5, 5.41) is 16.5. The van der Waals surface area contributed by atoms with E-state index in [1.165, 1.54) is 0 Å². The number of nitrogens with zero attached hydrogens (tertiary/aromatic N) is 2. The molecule has 1 atom stereocenters. The van der Waals surface area contributed by atoms with Gasteiger partial charge in [-0.2, -0.15) is 0 Å². The molecule has 0 saturated carbocycles. The molecular formula is C21H24N4O3S2. The van der Waals surface area contributed by atoms with Crippen molar-refractivity contribution in [1.29, 1.82) is 0 Å². The van der Waals surface area contributed by atoms with Crippen molar-refractivity contribution in [2.45, 2.75) is 33.4 Å². The summed E-state index contributed by atoms with van der Waals surface area (Å²) in [6.07, 6.45) is 0. The van der Waals surface area contributed by atoms with Crippen molar-refractivity contribution in [2.75, 3.05) is 11.9 Å². The molecule has 30 heavy (non-hydrogen) atoms. The molecule has 1 aromatic carbocycles. The highest BCUT2D eigenvalue weighted by molar-refractivity contribution is 7.13. The quantitative estimate of drug-likeness (QED) is 0.516. The van der Waals surface area contributed by atoms with Crippen LogP contribution in [0, 0.1) is 12.8 Å². The minimum Gasteiger partial charge on any atom is -0.364 e. The highest BCUT2D eigenvalue weighted by atomic mass is 32.1. The molecule has 9 heteroatoms. The minimum atomic E-state index is -0.323. The Morgan fingerprint density at radius 2 is 1.90 bits per heavy atom. The Labute approximate surface area is 183 Å². The molecule has 2 amide bonds. The van der Waals surface area contributed by atoms with Crippen molar-refractivity contribution in [3.05, 3.63) is 62.2 Å². The summed E-state index contributed by atoms with van der Waals surface area (Å²) in [4.78, 5) is 25.7. The van der Waals surface area contributed by atoms with E-state index in [-0.39, 0.29) is 42.0 Å². The first-order valence-corrected chi connectivity index (χ1v) is 11.2. The van der Waals surface area contributed by atoms with Gasteiger partial charge in [-0.05, 0) is 36.4 Å². The van der Waals surface area contributed by atoms with Gasteiger partial charge < -0.3 is 15.4 Å². The highest BCUT2D eigenvalue weighted by Gasteiger charge is 2.19. The van der Waals surface area contributed by atoms with E-state index in [9.17, 15) is 9.59 Å². The van der Waals surface area contributed by atoms with Gasteiger partial charge in [0.1, 0.15) is 18.2 Å². The molecule has 2 heterocycles. The lowest BCUT2D eigenvalue weighted by Gasteiger charge is -2.21. The van der Waals surface area contributed by atoms with Crippen LogP contribution in [0.25, 0.3) is 0 Å². The Morgan fingerprint density at radius 1 is 1.13 bits per heavy atom. The number of aromatic nitrogens is 2. The predicted octanol–water partition coefficient (Wildman–Crippen LogP) is 4.19. The third-order valence-electron chi connectivity index (χ3n) is 4.26. The Kier molecular flexibility index (Phi) is 7.67. The maximum atomic E-state index is 12.3. The van der Waals surface area contributed by atoms with Crippen LogP contribution in [0.1, 0.15) is 45.1 Å².